The van der Waals surface area contributed by atoms with E-state index < -0.39 is 10.0 Å². The number of nitrogens with zero attached hydrogens (tertiary/aromatic N) is 2. The number of likely N-dealkylation sites (tertiary alicyclic amines) is 1. The van der Waals surface area contributed by atoms with Crippen LogP contribution in [0.15, 0.2) is 29.2 Å². The molecule has 0 aromatic heterocycles. The summed E-state index contributed by atoms with van der Waals surface area (Å²) < 4.78 is 26.9. The van der Waals surface area contributed by atoms with Gasteiger partial charge in [0.25, 0.3) is 0 Å². The second-order valence-corrected chi connectivity index (χ2v) is 7.94. The average Bonchev–Trinajstić information content (AvgIpc) is 2.91. The van der Waals surface area contributed by atoms with Crippen LogP contribution in [0, 0.1) is 12.8 Å². The summed E-state index contributed by atoms with van der Waals surface area (Å²) in [5.74, 6) is 0.0173. The summed E-state index contributed by atoms with van der Waals surface area (Å²) in [6.45, 7) is 3.36. The molecular weight excluding hydrogens is 288 g/mol. The third-order valence-corrected chi connectivity index (χ3v) is 6.45. The number of carbonyl (C=O) groups is 1. The average molecular weight is 308 g/mol. The van der Waals surface area contributed by atoms with Crippen LogP contribution < -0.4 is 0 Å². The van der Waals surface area contributed by atoms with Crippen molar-refractivity contribution < 1.29 is 13.2 Å². The molecule has 5 nitrogen and oxygen atoms in total. The van der Waals surface area contributed by atoms with E-state index in [0.29, 0.717) is 24.4 Å². The first-order chi connectivity index (χ1) is 9.89. The summed E-state index contributed by atoms with van der Waals surface area (Å²) in [6.07, 6.45) is 0.524. The fourth-order valence-corrected chi connectivity index (χ4v) is 4.69. The van der Waals surface area contributed by atoms with E-state index in [1.54, 1.807) is 24.3 Å². The Hall–Kier alpha value is -1.24. The molecule has 2 aliphatic rings. The van der Waals surface area contributed by atoms with Gasteiger partial charge in [0.15, 0.2) is 0 Å². The molecule has 2 saturated heterocycles. The van der Waals surface area contributed by atoms with Gasteiger partial charge in [-0.1, -0.05) is 17.7 Å². The van der Waals surface area contributed by atoms with Crippen molar-refractivity contribution in [1.82, 2.24) is 9.21 Å². The molecule has 0 aliphatic carbocycles. The molecule has 0 amide bonds. The Labute approximate surface area is 125 Å². The molecule has 2 heterocycles. The van der Waals surface area contributed by atoms with Crippen LogP contribution in [0.1, 0.15) is 12.0 Å². The molecular formula is C15H20N2O3S. The fourth-order valence-electron chi connectivity index (χ4n) is 3.21. The molecule has 114 valence electrons. The highest BCUT2D eigenvalue weighted by Gasteiger charge is 2.46. The third kappa shape index (κ3) is 2.52. The van der Waals surface area contributed by atoms with Crippen LogP contribution in [0.2, 0.25) is 0 Å². The van der Waals surface area contributed by atoms with Crippen molar-refractivity contribution >= 4 is 15.8 Å². The largest absolute Gasteiger partial charge is 0.301 e. The van der Waals surface area contributed by atoms with E-state index >= 15 is 0 Å². The highest BCUT2D eigenvalue weighted by molar-refractivity contribution is 7.89. The van der Waals surface area contributed by atoms with E-state index in [1.165, 1.54) is 4.31 Å². The summed E-state index contributed by atoms with van der Waals surface area (Å²) in [5.41, 5.74) is 1.03. The number of piperidine rings is 1. The van der Waals surface area contributed by atoms with E-state index in [0.717, 1.165) is 12.1 Å². The van der Waals surface area contributed by atoms with Gasteiger partial charge in [0, 0.05) is 38.0 Å². The first kappa shape index (κ1) is 14.7. The number of ketones is 1. The van der Waals surface area contributed by atoms with E-state index in [2.05, 4.69) is 4.90 Å². The molecule has 3 rings (SSSR count). The Morgan fingerprint density at radius 2 is 1.81 bits per heavy atom. The van der Waals surface area contributed by atoms with E-state index in [4.69, 9.17) is 0 Å². The van der Waals surface area contributed by atoms with Crippen LogP contribution in [0.3, 0.4) is 0 Å². The zero-order valence-electron chi connectivity index (χ0n) is 12.3. The standard InChI is InChI=1S/C15H20N2O3S/c1-11-3-5-12(6-4-11)21(19,20)17-9-13-14(10-17)16(2)8-7-15(13)18/h3-6,13-14H,7-10H2,1-2H3/t13-,14+/m0/s1. The third-order valence-electron chi connectivity index (χ3n) is 4.60. The minimum atomic E-state index is -3.51. The second-order valence-electron chi connectivity index (χ2n) is 6.01. The maximum atomic E-state index is 12.7. The number of sulfonamides is 1. The van der Waals surface area contributed by atoms with Gasteiger partial charge in [0.1, 0.15) is 5.78 Å². The maximum Gasteiger partial charge on any atom is 0.243 e. The van der Waals surface area contributed by atoms with Gasteiger partial charge in [-0.25, -0.2) is 8.42 Å². The SMILES string of the molecule is Cc1ccc(S(=O)(=O)N2C[C@@H]3C(=O)CCN(C)[C@@H]3C2)cc1. The summed E-state index contributed by atoms with van der Waals surface area (Å²) >= 11 is 0. The second kappa shape index (κ2) is 5.19. The minimum absolute atomic E-state index is 0.0199. The van der Waals surface area contributed by atoms with Crippen LogP contribution in [0.25, 0.3) is 0 Å². The van der Waals surface area contributed by atoms with E-state index in [-0.39, 0.29) is 17.7 Å². The van der Waals surface area contributed by atoms with Gasteiger partial charge in [-0.15, -0.1) is 0 Å². The van der Waals surface area contributed by atoms with Gasteiger partial charge in [0.05, 0.1) is 4.90 Å². The number of fused-ring (bicyclic) bond motifs is 1. The molecule has 0 N–H and O–H groups in total. The van der Waals surface area contributed by atoms with Gasteiger partial charge in [-0.05, 0) is 26.1 Å². The molecule has 0 saturated carbocycles. The number of Topliss-reactive ketones (excluding diaryl/α,β-unsaturated/α-hetero) is 1. The Kier molecular flexibility index (Phi) is 3.63. The predicted octanol–water partition coefficient (Wildman–Crippen LogP) is 0.889. The number of carbonyl (C=O) groups excluding carboxylic acids is 1. The summed E-state index contributed by atoms with van der Waals surface area (Å²) in [5, 5.41) is 0. The van der Waals surface area contributed by atoms with Crippen molar-refractivity contribution in [2.75, 3.05) is 26.7 Å². The van der Waals surface area contributed by atoms with Crippen molar-refractivity contribution in [3.8, 4) is 0 Å². The number of hydrogen-bond donors (Lipinski definition) is 0. The Balaban J connectivity index is 1.88. The lowest BCUT2D eigenvalue weighted by atomic mass is 9.91. The zero-order valence-corrected chi connectivity index (χ0v) is 13.1. The quantitative estimate of drug-likeness (QED) is 0.814. The number of likely N-dealkylation sites (N-methyl/N-ethyl adjacent to an activating group) is 1. The lowest BCUT2D eigenvalue weighted by molar-refractivity contribution is -0.126. The molecule has 6 heteroatoms. The first-order valence-corrected chi connectivity index (χ1v) is 8.63. The van der Waals surface area contributed by atoms with Gasteiger partial charge >= 0.3 is 0 Å². The highest BCUT2D eigenvalue weighted by atomic mass is 32.2. The summed E-state index contributed by atoms with van der Waals surface area (Å²) in [4.78, 5) is 14.4. The molecule has 0 unspecified atom stereocenters. The Morgan fingerprint density at radius 3 is 2.43 bits per heavy atom. The Bertz CT molecular complexity index is 654. The van der Waals surface area contributed by atoms with Crippen molar-refractivity contribution in [1.29, 1.82) is 0 Å². The maximum absolute atomic E-state index is 12.7. The number of hydrogen-bond acceptors (Lipinski definition) is 4. The number of benzene rings is 1. The lowest BCUT2D eigenvalue weighted by Gasteiger charge is -2.32. The van der Waals surface area contributed by atoms with Gasteiger partial charge in [-0.3, -0.25) is 4.79 Å². The molecule has 2 aliphatic heterocycles. The van der Waals surface area contributed by atoms with Crippen LogP contribution >= 0.6 is 0 Å². The predicted molar refractivity (Wildman–Crippen MR) is 79.5 cm³/mol. The van der Waals surface area contributed by atoms with Crippen molar-refractivity contribution in [2.24, 2.45) is 5.92 Å². The highest BCUT2D eigenvalue weighted by Crippen LogP contribution is 2.31. The topological polar surface area (TPSA) is 57.7 Å². The number of rotatable bonds is 2. The van der Waals surface area contributed by atoms with Crippen molar-refractivity contribution in [2.45, 2.75) is 24.3 Å². The molecule has 1 aromatic carbocycles. The first-order valence-electron chi connectivity index (χ1n) is 7.19. The lowest BCUT2D eigenvalue weighted by Crippen LogP contribution is -2.46. The van der Waals surface area contributed by atoms with E-state index in [1.807, 2.05) is 14.0 Å². The molecule has 0 radical (unpaired) electrons. The van der Waals surface area contributed by atoms with Crippen LogP contribution in [-0.2, 0) is 14.8 Å². The smallest absolute Gasteiger partial charge is 0.243 e. The number of aryl methyl sites for hydroxylation is 1. The van der Waals surface area contributed by atoms with Gasteiger partial charge in [0.2, 0.25) is 10.0 Å². The van der Waals surface area contributed by atoms with Crippen molar-refractivity contribution in [3.63, 3.8) is 0 Å². The van der Waals surface area contributed by atoms with Crippen molar-refractivity contribution in [3.05, 3.63) is 29.8 Å². The normalized spacial score (nSPS) is 27.8. The summed E-state index contributed by atoms with van der Waals surface area (Å²) in [7, 11) is -1.54. The van der Waals surface area contributed by atoms with Gasteiger partial charge < -0.3 is 4.90 Å². The van der Waals surface area contributed by atoms with Crippen LogP contribution in [-0.4, -0.2) is 56.1 Å². The molecule has 0 bridgehead atoms. The molecule has 21 heavy (non-hydrogen) atoms. The zero-order chi connectivity index (χ0) is 15.2. The molecule has 2 fully saturated rings. The van der Waals surface area contributed by atoms with Crippen LogP contribution in [0.4, 0.5) is 0 Å². The minimum Gasteiger partial charge on any atom is -0.301 e. The van der Waals surface area contributed by atoms with Crippen LogP contribution in [0.5, 0.6) is 0 Å². The molecule has 1 aromatic rings. The molecule has 0 spiro atoms. The van der Waals surface area contributed by atoms with E-state index in [9.17, 15) is 13.2 Å². The Morgan fingerprint density at radius 1 is 1.14 bits per heavy atom. The summed E-state index contributed by atoms with van der Waals surface area (Å²) in [6, 6.07) is 6.89. The fraction of sp³-hybridized carbons (Fsp3) is 0.533. The van der Waals surface area contributed by atoms with Gasteiger partial charge in [-0.2, -0.15) is 4.31 Å². The monoisotopic (exact) mass is 308 g/mol. The molecule has 2 atom stereocenters.